The molecule has 2 rings (SSSR count). The number of carbonyl (C=O) groups excluding carboxylic acids is 1. The lowest BCUT2D eigenvalue weighted by Gasteiger charge is -2.33. The summed E-state index contributed by atoms with van der Waals surface area (Å²) < 4.78 is 5.50. The first kappa shape index (κ1) is 15.1. The van der Waals surface area contributed by atoms with Gasteiger partial charge in [-0.15, -0.1) is 0 Å². The van der Waals surface area contributed by atoms with Crippen molar-refractivity contribution in [1.82, 2.24) is 4.90 Å². The van der Waals surface area contributed by atoms with E-state index in [0.29, 0.717) is 23.9 Å². The molecule has 1 heterocycles. The van der Waals surface area contributed by atoms with Crippen LogP contribution in [0.15, 0.2) is 18.2 Å². The number of rotatable bonds is 5. The number of primary amides is 1. The molecule has 1 unspecified atom stereocenters. The van der Waals surface area contributed by atoms with Gasteiger partial charge in [0.15, 0.2) is 0 Å². The van der Waals surface area contributed by atoms with Crippen LogP contribution in [0.5, 0.6) is 5.75 Å². The molecule has 1 fully saturated rings. The predicted octanol–water partition coefficient (Wildman–Crippen LogP) is 2.58. The molecule has 20 heavy (non-hydrogen) atoms. The third-order valence-corrected chi connectivity index (χ3v) is 3.94. The molecular weight excluding hydrogens is 276 g/mol. The molecule has 0 saturated carbocycles. The molecule has 0 aromatic heterocycles. The van der Waals surface area contributed by atoms with Crippen LogP contribution in [0.25, 0.3) is 0 Å². The van der Waals surface area contributed by atoms with E-state index in [2.05, 4.69) is 4.90 Å². The van der Waals surface area contributed by atoms with Gasteiger partial charge in [0.05, 0.1) is 17.7 Å². The van der Waals surface area contributed by atoms with Gasteiger partial charge >= 0.3 is 0 Å². The monoisotopic (exact) mass is 296 g/mol. The van der Waals surface area contributed by atoms with Crippen LogP contribution >= 0.6 is 11.6 Å². The zero-order chi connectivity index (χ0) is 14.5. The molecule has 0 radical (unpaired) electrons. The van der Waals surface area contributed by atoms with Gasteiger partial charge in [0.2, 0.25) is 5.91 Å². The minimum Gasteiger partial charge on any atom is -0.492 e. The second-order valence-electron chi connectivity index (χ2n) is 5.08. The third-order valence-electron chi connectivity index (χ3n) is 3.62. The van der Waals surface area contributed by atoms with Gasteiger partial charge in [0.1, 0.15) is 5.75 Å². The van der Waals surface area contributed by atoms with Crippen molar-refractivity contribution in [3.05, 3.63) is 28.8 Å². The number of carbonyl (C=O) groups is 1. The predicted molar refractivity (Wildman–Crippen MR) is 79.9 cm³/mol. The first-order valence-electron chi connectivity index (χ1n) is 7.06. The summed E-state index contributed by atoms with van der Waals surface area (Å²) in [5.74, 6) is 0.461. The lowest BCUT2D eigenvalue weighted by atomic mass is 10.0. The molecule has 110 valence electrons. The normalized spacial score (nSPS) is 19.8. The van der Waals surface area contributed by atoms with Crippen molar-refractivity contribution in [2.45, 2.75) is 38.8 Å². The molecule has 0 bridgehead atoms. The first-order valence-corrected chi connectivity index (χ1v) is 7.44. The SMILES string of the molecule is CCOc1cc(CN2CCCCC2C(N)=O)ccc1Cl. The Balaban J connectivity index is 2.11. The van der Waals surface area contributed by atoms with Gasteiger partial charge in [-0.2, -0.15) is 0 Å². The van der Waals surface area contributed by atoms with Gasteiger partial charge in [0, 0.05) is 6.54 Å². The average Bonchev–Trinajstić information content (AvgIpc) is 2.43. The second-order valence-corrected chi connectivity index (χ2v) is 5.49. The van der Waals surface area contributed by atoms with E-state index in [-0.39, 0.29) is 11.9 Å². The molecule has 0 aliphatic carbocycles. The summed E-state index contributed by atoms with van der Waals surface area (Å²) in [7, 11) is 0. The van der Waals surface area contributed by atoms with E-state index in [4.69, 9.17) is 22.1 Å². The molecule has 5 heteroatoms. The molecular formula is C15H21ClN2O2. The molecule has 1 aromatic rings. The Morgan fingerprint density at radius 1 is 1.50 bits per heavy atom. The fourth-order valence-electron chi connectivity index (χ4n) is 2.65. The molecule has 0 spiro atoms. The Kier molecular flexibility index (Phi) is 5.26. The van der Waals surface area contributed by atoms with Crippen LogP contribution in [-0.4, -0.2) is 30.0 Å². The minimum atomic E-state index is -0.233. The van der Waals surface area contributed by atoms with Gasteiger partial charge in [-0.25, -0.2) is 0 Å². The Morgan fingerprint density at radius 2 is 2.30 bits per heavy atom. The van der Waals surface area contributed by atoms with Gasteiger partial charge in [-0.05, 0) is 44.0 Å². The number of amides is 1. The molecule has 1 aliphatic heterocycles. The Morgan fingerprint density at radius 3 is 3.00 bits per heavy atom. The summed E-state index contributed by atoms with van der Waals surface area (Å²) in [5, 5.41) is 0.612. The molecule has 1 amide bonds. The van der Waals surface area contributed by atoms with E-state index in [1.54, 1.807) is 0 Å². The highest BCUT2D eigenvalue weighted by Crippen LogP contribution is 2.27. The standard InChI is InChI=1S/C15H21ClN2O2/c1-2-20-14-9-11(6-7-12(14)16)10-18-8-4-3-5-13(18)15(17)19/h6-7,9,13H,2-5,8,10H2,1H3,(H2,17,19). The second kappa shape index (κ2) is 6.95. The summed E-state index contributed by atoms with van der Waals surface area (Å²) in [6.07, 6.45) is 3.02. The fraction of sp³-hybridized carbons (Fsp3) is 0.533. The van der Waals surface area contributed by atoms with Crippen molar-refractivity contribution in [3.63, 3.8) is 0 Å². The molecule has 2 N–H and O–H groups in total. The topological polar surface area (TPSA) is 55.6 Å². The number of nitrogens with two attached hydrogens (primary N) is 1. The smallest absolute Gasteiger partial charge is 0.234 e. The molecule has 1 atom stereocenters. The van der Waals surface area contributed by atoms with E-state index in [1.807, 2.05) is 25.1 Å². The average molecular weight is 297 g/mol. The maximum atomic E-state index is 11.5. The van der Waals surface area contributed by atoms with Crippen LogP contribution in [0.3, 0.4) is 0 Å². The number of halogens is 1. The quantitative estimate of drug-likeness (QED) is 0.908. The summed E-state index contributed by atoms with van der Waals surface area (Å²) in [6, 6.07) is 5.59. The van der Waals surface area contributed by atoms with Crippen LogP contribution in [0.1, 0.15) is 31.7 Å². The van der Waals surface area contributed by atoms with E-state index in [0.717, 1.165) is 31.4 Å². The van der Waals surface area contributed by atoms with Crippen molar-refractivity contribution >= 4 is 17.5 Å². The highest BCUT2D eigenvalue weighted by Gasteiger charge is 2.26. The van der Waals surface area contributed by atoms with Crippen molar-refractivity contribution in [2.75, 3.05) is 13.2 Å². The highest BCUT2D eigenvalue weighted by atomic mass is 35.5. The number of benzene rings is 1. The van der Waals surface area contributed by atoms with Crippen molar-refractivity contribution in [3.8, 4) is 5.75 Å². The number of likely N-dealkylation sites (tertiary alicyclic amines) is 1. The van der Waals surface area contributed by atoms with Crippen molar-refractivity contribution in [1.29, 1.82) is 0 Å². The van der Waals surface area contributed by atoms with Crippen LogP contribution in [0, 0.1) is 0 Å². The summed E-state index contributed by atoms with van der Waals surface area (Å²) in [6.45, 7) is 4.11. The minimum absolute atomic E-state index is 0.157. The van der Waals surface area contributed by atoms with Crippen molar-refractivity contribution < 1.29 is 9.53 Å². The summed E-state index contributed by atoms with van der Waals surface area (Å²) in [4.78, 5) is 13.7. The maximum absolute atomic E-state index is 11.5. The highest BCUT2D eigenvalue weighted by molar-refractivity contribution is 6.32. The molecule has 1 aliphatic rings. The lowest BCUT2D eigenvalue weighted by Crippen LogP contribution is -2.47. The van der Waals surface area contributed by atoms with Crippen LogP contribution < -0.4 is 10.5 Å². The van der Waals surface area contributed by atoms with Gasteiger partial charge in [-0.3, -0.25) is 9.69 Å². The molecule has 4 nitrogen and oxygen atoms in total. The van der Waals surface area contributed by atoms with Crippen LogP contribution in [-0.2, 0) is 11.3 Å². The van der Waals surface area contributed by atoms with Gasteiger partial charge < -0.3 is 10.5 Å². The number of hydrogen-bond donors (Lipinski definition) is 1. The van der Waals surface area contributed by atoms with E-state index < -0.39 is 0 Å². The fourth-order valence-corrected chi connectivity index (χ4v) is 2.82. The maximum Gasteiger partial charge on any atom is 0.234 e. The van der Waals surface area contributed by atoms with E-state index >= 15 is 0 Å². The van der Waals surface area contributed by atoms with Gasteiger partial charge in [-0.1, -0.05) is 24.1 Å². The number of hydrogen-bond acceptors (Lipinski definition) is 3. The largest absolute Gasteiger partial charge is 0.492 e. The number of piperidine rings is 1. The van der Waals surface area contributed by atoms with Gasteiger partial charge in [0.25, 0.3) is 0 Å². The Bertz CT molecular complexity index is 479. The summed E-state index contributed by atoms with van der Waals surface area (Å²) >= 11 is 6.08. The molecule has 1 aromatic carbocycles. The summed E-state index contributed by atoms with van der Waals surface area (Å²) in [5.41, 5.74) is 6.58. The first-order chi connectivity index (χ1) is 9.61. The number of ether oxygens (including phenoxy) is 1. The van der Waals surface area contributed by atoms with Crippen molar-refractivity contribution in [2.24, 2.45) is 5.73 Å². The Labute approximate surface area is 124 Å². The zero-order valence-corrected chi connectivity index (χ0v) is 12.5. The lowest BCUT2D eigenvalue weighted by molar-refractivity contribution is -0.124. The van der Waals surface area contributed by atoms with Crippen LogP contribution in [0.4, 0.5) is 0 Å². The van der Waals surface area contributed by atoms with E-state index in [1.165, 1.54) is 0 Å². The van der Waals surface area contributed by atoms with E-state index in [9.17, 15) is 4.79 Å². The Hall–Kier alpha value is -1.26. The zero-order valence-electron chi connectivity index (χ0n) is 11.8. The number of nitrogens with zero attached hydrogens (tertiary/aromatic N) is 1. The third kappa shape index (κ3) is 3.64. The molecule has 1 saturated heterocycles. The van der Waals surface area contributed by atoms with Crippen LogP contribution in [0.2, 0.25) is 5.02 Å².